The van der Waals surface area contributed by atoms with E-state index in [0.717, 1.165) is 0 Å². The van der Waals surface area contributed by atoms with E-state index in [2.05, 4.69) is 11.8 Å². The largest absolute Gasteiger partial charge is 0.508 e. The molecule has 0 radical (unpaired) electrons. The summed E-state index contributed by atoms with van der Waals surface area (Å²) in [5.74, 6) is 0.0965. The number of aliphatic hydroxyl groups is 2. The van der Waals surface area contributed by atoms with Gasteiger partial charge in [0.15, 0.2) is 0 Å². The Hall–Kier alpha value is -1.05. The summed E-state index contributed by atoms with van der Waals surface area (Å²) in [6, 6.07) is 3.36. The lowest BCUT2D eigenvalue weighted by Gasteiger charge is -2.53. The van der Waals surface area contributed by atoms with E-state index in [9.17, 15) is 20.1 Å². The molecule has 1 saturated carbocycles. The van der Waals surface area contributed by atoms with Gasteiger partial charge in [-0.1, -0.05) is 23.2 Å². The lowest BCUT2D eigenvalue weighted by atomic mass is 9.74. The topological polar surface area (TPSA) is 84.2 Å². The maximum atomic E-state index is 12.8. The molecular formula is C19H24Cl2N2O4. The summed E-state index contributed by atoms with van der Waals surface area (Å²) in [6.45, 7) is 2.68. The molecule has 2 heterocycles. The van der Waals surface area contributed by atoms with E-state index in [1.807, 2.05) is 4.90 Å². The highest BCUT2D eigenvalue weighted by Crippen LogP contribution is 2.46. The number of hydrogen-bond donors (Lipinski definition) is 3. The molecule has 6 nitrogen and oxygen atoms in total. The Balaban J connectivity index is 1.54. The lowest BCUT2D eigenvalue weighted by molar-refractivity contribution is -0.158. The highest BCUT2D eigenvalue weighted by molar-refractivity contribution is 6.42. The highest BCUT2D eigenvalue weighted by Gasteiger charge is 2.52. The molecule has 27 heavy (non-hydrogen) atoms. The number of piperazine rings is 1. The minimum Gasteiger partial charge on any atom is -0.508 e. The molecule has 1 aromatic rings. The van der Waals surface area contributed by atoms with Crippen LogP contribution in [0.5, 0.6) is 5.75 Å². The first kappa shape index (κ1) is 19.3. The fraction of sp³-hybridized carbons (Fsp3) is 0.632. The first-order chi connectivity index (χ1) is 12.7. The number of rotatable bonds is 3. The van der Waals surface area contributed by atoms with Crippen LogP contribution in [0, 0.1) is 0 Å². The van der Waals surface area contributed by atoms with Crippen LogP contribution in [0.3, 0.4) is 0 Å². The number of aliphatic hydroxyl groups excluding tert-OH is 1. The van der Waals surface area contributed by atoms with Gasteiger partial charge in [-0.3, -0.25) is 9.69 Å². The Morgan fingerprint density at radius 3 is 2.67 bits per heavy atom. The molecule has 0 spiro atoms. The Labute approximate surface area is 168 Å². The minimum atomic E-state index is -1.01. The minimum absolute atomic E-state index is 0.0218. The van der Waals surface area contributed by atoms with Crippen molar-refractivity contribution >= 4 is 29.1 Å². The van der Waals surface area contributed by atoms with Gasteiger partial charge in [-0.25, -0.2) is 0 Å². The summed E-state index contributed by atoms with van der Waals surface area (Å²) in [5.41, 5.74) is -0.397. The average Bonchev–Trinajstić information content (AvgIpc) is 3.05. The average molecular weight is 415 g/mol. The van der Waals surface area contributed by atoms with E-state index in [1.165, 1.54) is 0 Å². The van der Waals surface area contributed by atoms with E-state index in [-0.39, 0.29) is 42.3 Å². The number of nitrogens with zero attached hydrogens (tertiary/aromatic N) is 2. The Morgan fingerprint density at radius 2 is 2.00 bits per heavy atom. The van der Waals surface area contributed by atoms with Crippen LogP contribution in [0.25, 0.3) is 0 Å². The number of fused-ring (bicyclic) bond motifs is 1. The van der Waals surface area contributed by atoms with Crippen LogP contribution in [0.15, 0.2) is 12.1 Å². The molecule has 1 unspecified atom stereocenters. The third kappa shape index (κ3) is 3.12. The third-order valence-corrected chi connectivity index (χ3v) is 7.39. The van der Waals surface area contributed by atoms with Crippen LogP contribution in [0.1, 0.15) is 37.7 Å². The molecule has 3 aliphatic rings. The van der Waals surface area contributed by atoms with Crippen molar-refractivity contribution in [2.45, 2.75) is 55.8 Å². The predicted molar refractivity (Wildman–Crippen MR) is 102 cm³/mol. The SMILES string of the molecule is CC1[C@@H]2C[C@H](c3c(O)ccc(Cl)c3Cl)CN2C(=O)CN1C1CC(O)(CO)C1. The van der Waals surface area contributed by atoms with E-state index < -0.39 is 5.60 Å². The van der Waals surface area contributed by atoms with E-state index in [1.54, 1.807) is 12.1 Å². The Kier molecular flexibility index (Phi) is 4.84. The first-order valence-electron chi connectivity index (χ1n) is 9.29. The second-order valence-electron chi connectivity index (χ2n) is 8.20. The zero-order valence-corrected chi connectivity index (χ0v) is 16.6. The molecule has 0 bridgehead atoms. The van der Waals surface area contributed by atoms with E-state index in [4.69, 9.17) is 23.2 Å². The lowest BCUT2D eigenvalue weighted by Crippen LogP contribution is -2.66. The number of hydrogen-bond acceptors (Lipinski definition) is 5. The van der Waals surface area contributed by atoms with Gasteiger partial charge in [-0.2, -0.15) is 0 Å². The Morgan fingerprint density at radius 1 is 1.30 bits per heavy atom. The zero-order valence-electron chi connectivity index (χ0n) is 15.1. The number of carbonyl (C=O) groups excluding carboxylic acids is 1. The molecule has 2 aliphatic heterocycles. The third-order valence-electron chi connectivity index (χ3n) is 6.57. The second kappa shape index (κ2) is 6.78. The molecular weight excluding hydrogens is 391 g/mol. The smallest absolute Gasteiger partial charge is 0.237 e. The summed E-state index contributed by atoms with van der Waals surface area (Å²) in [5, 5.41) is 30.4. The monoisotopic (exact) mass is 414 g/mol. The number of benzene rings is 1. The molecule has 1 amide bonds. The maximum Gasteiger partial charge on any atom is 0.237 e. The first-order valence-corrected chi connectivity index (χ1v) is 10.0. The highest BCUT2D eigenvalue weighted by atomic mass is 35.5. The quantitative estimate of drug-likeness (QED) is 0.703. The van der Waals surface area contributed by atoms with Crippen LogP contribution in [-0.2, 0) is 4.79 Å². The Bertz CT molecular complexity index is 768. The summed E-state index contributed by atoms with van der Waals surface area (Å²) in [7, 11) is 0. The number of halogens is 2. The molecule has 1 aliphatic carbocycles. The zero-order chi connectivity index (χ0) is 19.5. The summed E-state index contributed by atoms with van der Waals surface area (Å²) in [6.07, 6.45) is 1.67. The van der Waals surface area contributed by atoms with Crippen molar-refractivity contribution in [2.75, 3.05) is 19.7 Å². The van der Waals surface area contributed by atoms with Crippen molar-refractivity contribution in [1.82, 2.24) is 9.80 Å². The normalized spacial score (nSPS) is 36.6. The van der Waals surface area contributed by atoms with Gasteiger partial charge >= 0.3 is 0 Å². The van der Waals surface area contributed by atoms with Crippen LogP contribution in [-0.4, -0.2) is 74.4 Å². The van der Waals surface area contributed by atoms with Crippen molar-refractivity contribution in [3.63, 3.8) is 0 Å². The van der Waals surface area contributed by atoms with Crippen LogP contribution in [0.2, 0.25) is 10.0 Å². The molecule has 4 rings (SSSR count). The van der Waals surface area contributed by atoms with Gasteiger partial charge in [0.2, 0.25) is 5.91 Å². The number of aromatic hydroxyl groups is 1. The van der Waals surface area contributed by atoms with Gasteiger partial charge in [0.1, 0.15) is 5.75 Å². The molecule has 2 saturated heterocycles. The van der Waals surface area contributed by atoms with Gasteiger partial charge < -0.3 is 20.2 Å². The van der Waals surface area contributed by atoms with Gasteiger partial charge in [0.05, 0.1) is 28.8 Å². The summed E-state index contributed by atoms with van der Waals surface area (Å²) >= 11 is 12.5. The molecule has 8 heteroatoms. The van der Waals surface area contributed by atoms with Crippen molar-refractivity contribution in [3.05, 3.63) is 27.7 Å². The van der Waals surface area contributed by atoms with Crippen molar-refractivity contribution in [3.8, 4) is 5.75 Å². The molecule has 3 atom stereocenters. The van der Waals surface area contributed by atoms with Crippen molar-refractivity contribution in [2.24, 2.45) is 0 Å². The number of amides is 1. The van der Waals surface area contributed by atoms with Crippen LogP contribution >= 0.6 is 23.2 Å². The van der Waals surface area contributed by atoms with Gasteiger partial charge in [-0.15, -0.1) is 0 Å². The van der Waals surface area contributed by atoms with Crippen LogP contribution < -0.4 is 0 Å². The fourth-order valence-corrected chi connectivity index (χ4v) is 5.50. The predicted octanol–water partition coefficient (Wildman–Crippen LogP) is 1.97. The van der Waals surface area contributed by atoms with Gasteiger partial charge in [0, 0.05) is 36.2 Å². The summed E-state index contributed by atoms with van der Waals surface area (Å²) < 4.78 is 0. The number of phenols is 1. The van der Waals surface area contributed by atoms with Crippen LogP contribution in [0.4, 0.5) is 0 Å². The molecule has 3 N–H and O–H groups in total. The molecule has 1 aromatic carbocycles. The second-order valence-corrected chi connectivity index (χ2v) is 8.98. The van der Waals surface area contributed by atoms with Gasteiger partial charge in [0.25, 0.3) is 0 Å². The van der Waals surface area contributed by atoms with Gasteiger partial charge in [-0.05, 0) is 38.3 Å². The van der Waals surface area contributed by atoms with Crippen molar-refractivity contribution in [1.29, 1.82) is 0 Å². The number of carbonyl (C=O) groups is 1. The summed E-state index contributed by atoms with van der Waals surface area (Å²) in [4.78, 5) is 16.8. The fourth-order valence-electron chi connectivity index (χ4n) is 5.02. The van der Waals surface area contributed by atoms with E-state index >= 15 is 0 Å². The molecule has 0 aromatic heterocycles. The van der Waals surface area contributed by atoms with Crippen molar-refractivity contribution < 1.29 is 20.1 Å². The maximum absolute atomic E-state index is 12.8. The molecule has 3 fully saturated rings. The standard InChI is InChI=1S/C19H24Cl2N2O4/c1-10-14-4-11(17-15(25)3-2-13(20)18(17)21)7-23(14)16(26)8-22(10)12-5-19(27,6-12)9-24/h2-3,10-12,14,24-25,27H,4-9H2,1H3/t10?,11-,12?,14-,19?/m0/s1. The van der Waals surface area contributed by atoms with E-state index in [0.29, 0.717) is 48.0 Å². The molecule has 148 valence electrons. The number of phenolic OH excluding ortho intramolecular Hbond substituents is 1.